The topological polar surface area (TPSA) is 18.5 Å². The Labute approximate surface area is 63.3 Å². The molecule has 0 bridgehead atoms. The van der Waals surface area contributed by atoms with Gasteiger partial charge in [-0.25, -0.2) is 0 Å². The fourth-order valence-electron chi connectivity index (χ4n) is 0.613. The summed E-state index contributed by atoms with van der Waals surface area (Å²) in [4.78, 5) is 0. The summed E-state index contributed by atoms with van der Waals surface area (Å²) in [6.45, 7) is 0. The maximum Gasteiger partial charge on any atom is 0.389 e. The average molecular weight is 172 g/mol. The minimum atomic E-state index is -4.13. The van der Waals surface area contributed by atoms with E-state index in [1.54, 1.807) is 0 Å². The number of alkyl halides is 3. The monoisotopic (exact) mass is 172 g/mol. The molecule has 0 aromatic rings. The second-order valence-corrected chi connectivity index (χ2v) is 2.05. The van der Waals surface area contributed by atoms with Crippen molar-refractivity contribution in [2.75, 3.05) is 14.2 Å². The van der Waals surface area contributed by atoms with Crippen LogP contribution < -0.4 is 0 Å². The molecule has 0 fully saturated rings. The molecule has 0 N–H and O–H groups in total. The van der Waals surface area contributed by atoms with Crippen molar-refractivity contribution in [2.24, 2.45) is 0 Å². The van der Waals surface area contributed by atoms with Gasteiger partial charge in [-0.2, -0.15) is 13.2 Å². The minimum Gasteiger partial charge on any atom is -0.356 e. The Kier molecular flexibility index (Phi) is 4.44. The van der Waals surface area contributed by atoms with Gasteiger partial charge < -0.3 is 9.47 Å². The van der Waals surface area contributed by atoms with Gasteiger partial charge in [-0.15, -0.1) is 0 Å². The predicted molar refractivity (Wildman–Crippen MR) is 33.1 cm³/mol. The van der Waals surface area contributed by atoms with Gasteiger partial charge in [0.2, 0.25) is 0 Å². The molecule has 5 heteroatoms. The summed E-state index contributed by atoms with van der Waals surface area (Å²) in [5, 5.41) is 0. The molecule has 0 spiro atoms. The summed E-state index contributed by atoms with van der Waals surface area (Å²) in [7, 11) is 2.62. The lowest BCUT2D eigenvalue weighted by molar-refractivity contribution is -0.164. The van der Waals surface area contributed by atoms with E-state index in [0.717, 1.165) is 0 Å². The fourth-order valence-corrected chi connectivity index (χ4v) is 0.613. The zero-order chi connectivity index (χ0) is 8.91. The highest BCUT2D eigenvalue weighted by Crippen LogP contribution is 2.22. The lowest BCUT2D eigenvalue weighted by Gasteiger charge is -2.13. The van der Waals surface area contributed by atoms with Crippen molar-refractivity contribution in [1.82, 2.24) is 0 Å². The zero-order valence-electron chi connectivity index (χ0n) is 6.44. The van der Waals surface area contributed by atoms with Crippen LogP contribution in [0.3, 0.4) is 0 Å². The minimum absolute atomic E-state index is 0.156. The quantitative estimate of drug-likeness (QED) is 0.603. The van der Waals surface area contributed by atoms with E-state index in [-0.39, 0.29) is 6.42 Å². The third kappa shape index (κ3) is 6.12. The first-order valence-corrected chi connectivity index (χ1v) is 3.12. The highest BCUT2D eigenvalue weighted by atomic mass is 19.4. The van der Waals surface area contributed by atoms with Crippen LogP contribution in [-0.4, -0.2) is 26.7 Å². The molecule has 0 atom stereocenters. The molecule has 0 aliphatic heterocycles. The third-order valence-electron chi connectivity index (χ3n) is 1.19. The molecule has 0 amide bonds. The van der Waals surface area contributed by atoms with Crippen LogP contribution in [0.2, 0.25) is 0 Å². The van der Waals surface area contributed by atoms with Gasteiger partial charge in [0.1, 0.15) is 0 Å². The van der Waals surface area contributed by atoms with E-state index in [1.165, 1.54) is 14.2 Å². The number of ether oxygens (including phenoxy) is 2. The Bertz CT molecular complexity index is 98.5. The Morgan fingerprint density at radius 3 is 1.91 bits per heavy atom. The molecule has 0 aliphatic rings. The van der Waals surface area contributed by atoms with Crippen LogP contribution in [0, 0.1) is 0 Å². The zero-order valence-corrected chi connectivity index (χ0v) is 6.44. The van der Waals surface area contributed by atoms with Crippen LogP contribution in [0.4, 0.5) is 13.2 Å². The molecular weight excluding hydrogens is 161 g/mol. The molecule has 2 nitrogen and oxygen atoms in total. The largest absolute Gasteiger partial charge is 0.389 e. The molecule has 0 rings (SSSR count). The van der Waals surface area contributed by atoms with Gasteiger partial charge in [0.15, 0.2) is 6.29 Å². The SMILES string of the molecule is COC(CCC(F)(F)F)OC. The summed E-state index contributed by atoms with van der Waals surface area (Å²) < 4.78 is 43.9. The van der Waals surface area contributed by atoms with Crippen molar-refractivity contribution < 1.29 is 22.6 Å². The molecule has 0 aromatic carbocycles. The van der Waals surface area contributed by atoms with E-state index < -0.39 is 18.9 Å². The predicted octanol–water partition coefficient (Wildman–Crippen LogP) is 1.95. The van der Waals surface area contributed by atoms with Gasteiger partial charge in [0.05, 0.1) is 0 Å². The number of hydrogen-bond acceptors (Lipinski definition) is 2. The number of hydrogen-bond donors (Lipinski definition) is 0. The molecule has 0 aromatic heterocycles. The number of rotatable bonds is 4. The van der Waals surface area contributed by atoms with Crippen LogP contribution in [0.25, 0.3) is 0 Å². The van der Waals surface area contributed by atoms with Gasteiger partial charge in [-0.3, -0.25) is 0 Å². The summed E-state index contributed by atoms with van der Waals surface area (Å²) >= 11 is 0. The van der Waals surface area contributed by atoms with Crippen LogP contribution in [0.15, 0.2) is 0 Å². The van der Waals surface area contributed by atoms with Gasteiger partial charge in [0, 0.05) is 27.1 Å². The summed E-state index contributed by atoms with van der Waals surface area (Å²) in [5.74, 6) is 0. The maximum absolute atomic E-state index is 11.6. The Morgan fingerprint density at radius 1 is 1.18 bits per heavy atom. The first-order valence-electron chi connectivity index (χ1n) is 3.12. The standard InChI is InChI=1S/C6H11F3O2/c1-10-5(11-2)3-4-6(7,8)9/h5H,3-4H2,1-2H3. The van der Waals surface area contributed by atoms with E-state index in [1.807, 2.05) is 0 Å². The average Bonchev–Trinajstić information content (AvgIpc) is 1.88. The number of methoxy groups -OCH3 is 2. The third-order valence-corrected chi connectivity index (χ3v) is 1.19. The van der Waals surface area contributed by atoms with Gasteiger partial charge in [0.25, 0.3) is 0 Å². The lowest BCUT2D eigenvalue weighted by atomic mass is 10.3. The Balaban J connectivity index is 3.51. The van der Waals surface area contributed by atoms with Crippen molar-refractivity contribution in [3.05, 3.63) is 0 Å². The first kappa shape index (κ1) is 10.7. The summed E-state index contributed by atoms with van der Waals surface area (Å²) in [5.41, 5.74) is 0. The molecule has 0 unspecified atom stereocenters. The molecule has 0 aliphatic carbocycles. The van der Waals surface area contributed by atoms with Gasteiger partial charge in [-0.1, -0.05) is 0 Å². The van der Waals surface area contributed by atoms with Crippen LogP contribution >= 0.6 is 0 Å². The first-order chi connectivity index (χ1) is 4.99. The molecule has 0 heterocycles. The second-order valence-electron chi connectivity index (χ2n) is 2.05. The van der Waals surface area contributed by atoms with Gasteiger partial charge in [-0.05, 0) is 0 Å². The van der Waals surface area contributed by atoms with Crippen LogP contribution in [0.1, 0.15) is 12.8 Å². The lowest BCUT2D eigenvalue weighted by Crippen LogP contribution is -2.17. The fraction of sp³-hybridized carbons (Fsp3) is 1.00. The van der Waals surface area contributed by atoms with Crippen molar-refractivity contribution in [3.63, 3.8) is 0 Å². The normalized spacial score (nSPS) is 12.5. The highest BCUT2D eigenvalue weighted by molar-refractivity contribution is 4.52. The van der Waals surface area contributed by atoms with Crippen LogP contribution in [0.5, 0.6) is 0 Å². The maximum atomic E-state index is 11.6. The van der Waals surface area contributed by atoms with E-state index >= 15 is 0 Å². The summed E-state index contributed by atoms with van der Waals surface area (Å²) in [6, 6.07) is 0. The molecule has 0 saturated carbocycles. The van der Waals surface area contributed by atoms with Crippen LogP contribution in [-0.2, 0) is 9.47 Å². The highest BCUT2D eigenvalue weighted by Gasteiger charge is 2.28. The Hall–Kier alpha value is -0.290. The van der Waals surface area contributed by atoms with Crippen molar-refractivity contribution in [2.45, 2.75) is 25.3 Å². The van der Waals surface area contributed by atoms with E-state index in [9.17, 15) is 13.2 Å². The van der Waals surface area contributed by atoms with Crippen molar-refractivity contribution >= 4 is 0 Å². The number of halogens is 3. The van der Waals surface area contributed by atoms with E-state index in [2.05, 4.69) is 9.47 Å². The molecule has 68 valence electrons. The smallest absolute Gasteiger partial charge is 0.356 e. The second kappa shape index (κ2) is 4.56. The summed E-state index contributed by atoms with van der Waals surface area (Å²) in [6.07, 6.45) is -5.91. The molecule has 0 saturated heterocycles. The molecule has 11 heavy (non-hydrogen) atoms. The Morgan fingerprint density at radius 2 is 1.64 bits per heavy atom. The van der Waals surface area contributed by atoms with E-state index in [4.69, 9.17) is 0 Å². The van der Waals surface area contributed by atoms with E-state index in [0.29, 0.717) is 0 Å². The van der Waals surface area contributed by atoms with Gasteiger partial charge >= 0.3 is 6.18 Å². The van der Waals surface area contributed by atoms with Crippen molar-refractivity contribution in [3.8, 4) is 0 Å². The van der Waals surface area contributed by atoms with Crippen molar-refractivity contribution in [1.29, 1.82) is 0 Å². The molecular formula is C6H11F3O2. The molecule has 0 radical (unpaired) electrons.